The number of hydrogen-bond donors (Lipinski definition) is 1. The maximum Gasteiger partial charge on any atom is 0.128 e. The highest BCUT2D eigenvalue weighted by Gasteiger charge is 2.44. The van der Waals surface area contributed by atoms with Crippen LogP contribution in [0.15, 0.2) is 10.5 Å². The van der Waals surface area contributed by atoms with E-state index in [1.165, 1.54) is 0 Å². The van der Waals surface area contributed by atoms with Gasteiger partial charge in [-0.25, -0.2) is 0 Å². The van der Waals surface area contributed by atoms with Gasteiger partial charge in [0.1, 0.15) is 11.5 Å². The molecule has 2 aliphatic rings. The highest BCUT2D eigenvalue weighted by molar-refractivity contribution is 6.31. The normalized spacial score (nSPS) is 28.3. The molecule has 2 heterocycles. The molecule has 0 spiro atoms. The van der Waals surface area contributed by atoms with Crippen molar-refractivity contribution in [1.82, 2.24) is 0 Å². The van der Waals surface area contributed by atoms with E-state index in [9.17, 15) is 0 Å². The maximum absolute atomic E-state index is 6.15. The number of nitrogens with two attached hydrogens (primary N) is 1. The van der Waals surface area contributed by atoms with Gasteiger partial charge in [-0.1, -0.05) is 11.6 Å². The van der Waals surface area contributed by atoms with Gasteiger partial charge in [0, 0.05) is 18.6 Å². The molecule has 1 saturated heterocycles. The predicted molar refractivity (Wildman–Crippen MR) is 57.0 cm³/mol. The summed E-state index contributed by atoms with van der Waals surface area (Å²) >= 11 is 6.15. The molecule has 82 valence electrons. The van der Waals surface area contributed by atoms with E-state index in [1.54, 1.807) is 0 Å². The first-order chi connectivity index (χ1) is 7.19. The monoisotopic (exact) mass is 227 g/mol. The van der Waals surface area contributed by atoms with Crippen molar-refractivity contribution in [2.75, 3.05) is 13.2 Å². The van der Waals surface area contributed by atoms with E-state index in [1.807, 2.05) is 6.07 Å². The lowest BCUT2D eigenvalue weighted by atomic mass is 10.1. The SMILES string of the molecule is NC1(c2cc(Cl)c(C3CCOC3)o2)CC1. The van der Waals surface area contributed by atoms with E-state index in [0.29, 0.717) is 17.5 Å². The van der Waals surface area contributed by atoms with Crippen LogP contribution in [0.3, 0.4) is 0 Å². The van der Waals surface area contributed by atoms with Gasteiger partial charge in [0.25, 0.3) is 0 Å². The van der Waals surface area contributed by atoms with Crippen LogP contribution in [0.5, 0.6) is 0 Å². The Morgan fingerprint density at radius 2 is 2.27 bits per heavy atom. The second kappa shape index (κ2) is 3.24. The lowest BCUT2D eigenvalue weighted by Crippen LogP contribution is -2.17. The summed E-state index contributed by atoms with van der Waals surface area (Å²) < 4.78 is 11.1. The van der Waals surface area contributed by atoms with Crippen LogP contribution < -0.4 is 5.73 Å². The molecule has 3 nitrogen and oxygen atoms in total. The fourth-order valence-corrected chi connectivity index (χ4v) is 2.32. The van der Waals surface area contributed by atoms with Gasteiger partial charge in [-0.15, -0.1) is 0 Å². The third-order valence-corrected chi connectivity index (χ3v) is 3.59. The third-order valence-electron chi connectivity index (χ3n) is 3.29. The molecule has 1 unspecified atom stereocenters. The molecule has 15 heavy (non-hydrogen) atoms. The zero-order valence-corrected chi connectivity index (χ0v) is 9.22. The molecule has 0 amide bonds. The third kappa shape index (κ3) is 1.59. The molecule has 3 rings (SSSR count). The Labute approximate surface area is 93.5 Å². The predicted octanol–water partition coefficient (Wildman–Crippen LogP) is 2.38. The highest BCUT2D eigenvalue weighted by atomic mass is 35.5. The Balaban J connectivity index is 1.91. The van der Waals surface area contributed by atoms with E-state index in [4.69, 9.17) is 26.5 Å². The molecule has 2 N–H and O–H groups in total. The van der Waals surface area contributed by atoms with Crippen molar-refractivity contribution in [3.05, 3.63) is 22.6 Å². The summed E-state index contributed by atoms with van der Waals surface area (Å²) in [5.74, 6) is 2.02. The second-order valence-corrected chi connectivity index (χ2v) is 4.95. The molecule has 0 aromatic carbocycles. The summed E-state index contributed by atoms with van der Waals surface area (Å²) in [5.41, 5.74) is 5.83. The molecule has 0 bridgehead atoms. The van der Waals surface area contributed by atoms with Crippen LogP contribution >= 0.6 is 11.6 Å². The minimum atomic E-state index is -0.235. The topological polar surface area (TPSA) is 48.4 Å². The Kier molecular flexibility index (Phi) is 2.09. The van der Waals surface area contributed by atoms with Gasteiger partial charge in [-0.2, -0.15) is 0 Å². The van der Waals surface area contributed by atoms with E-state index in [2.05, 4.69) is 0 Å². The second-order valence-electron chi connectivity index (χ2n) is 4.54. The van der Waals surface area contributed by atoms with Gasteiger partial charge in [0.15, 0.2) is 0 Å². The van der Waals surface area contributed by atoms with E-state index in [-0.39, 0.29) is 5.54 Å². The summed E-state index contributed by atoms with van der Waals surface area (Å²) in [7, 11) is 0. The van der Waals surface area contributed by atoms with Crippen molar-refractivity contribution >= 4 is 11.6 Å². The van der Waals surface area contributed by atoms with E-state index < -0.39 is 0 Å². The van der Waals surface area contributed by atoms with Crippen molar-refractivity contribution in [3.63, 3.8) is 0 Å². The Morgan fingerprint density at radius 1 is 1.47 bits per heavy atom. The molecule has 0 radical (unpaired) electrons. The zero-order valence-electron chi connectivity index (χ0n) is 8.46. The van der Waals surface area contributed by atoms with Crippen LogP contribution in [-0.2, 0) is 10.3 Å². The van der Waals surface area contributed by atoms with E-state index >= 15 is 0 Å². The van der Waals surface area contributed by atoms with Gasteiger partial charge in [0.05, 0.1) is 17.2 Å². The summed E-state index contributed by atoms with van der Waals surface area (Å²) in [6, 6.07) is 1.88. The highest BCUT2D eigenvalue weighted by Crippen LogP contribution is 2.46. The number of furan rings is 1. The van der Waals surface area contributed by atoms with Crippen LogP contribution in [-0.4, -0.2) is 13.2 Å². The molecular formula is C11H14ClNO2. The summed E-state index contributed by atoms with van der Waals surface area (Å²) in [4.78, 5) is 0. The van der Waals surface area contributed by atoms with Crippen LogP contribution in [0, 0.1) is 0 Å². The Morgan fingerprint density at radius 3 is 2.87 bits per heavy atom. The number of ether oxygens (including phenoxy) is 1. The molecule has 1 aromatic rings. The molecule has 1 aromatic heterocycles. The minimum Gasteiger partial charge on any atom is -0.462 e. The fraction of sp³-hybridized carbons (Fsp3) is 0.636. The summed E-state index contributed by atoms with van der Waals surface area (Å²) in [5, 5.41) is 0.706. The van der Waals surface area contributed by atoms with E-state index in [0.717, 1.165) is 37.4 Å². The number of rotatable bonds is 2. The minimum absolute atomic E-state index is 0.235. The van der Waals surface area contributed by atoms with Gasteiger partial charge in [0.2, 0.25) is 0 Å². The first-order valence-corrected chi connectivity index (χ1v) is 5.73. The zero-order chi connectivity index (χ0) is 10.5. The molecule has 1 saturated carbocycles. The number of halogens is 1. The first kappa shape index (κ1) is 9.70. The lowest BCUT2D eigenvalue weighted by molar-refractivity contribution is 0.191. The molecule has 4 heteroatoms. The average Bonchev–Trinajstić information content (AvgIpc) is 2.71. The molecule has 1 atom stereocenters. The quantitative estimate of drug-likeness (QED) is 0.844. The molecule has 2 fully saturated rings. The van der Waals surface area contributed by atoms with Crippen LogP contribution in [0.1, 0.15) is 36.7 Å². The van der Waals surface area contributed by atoms with Crippen molar-refractivity contribution < 1.29 is 9.15 Å². The average molecular weight is 228 g/mol. The Bertz CT molecular complexity index is 378. The molecular weight excluding hydrogens is 214 g/mol. The fourth-order valence-electron chi connectivity index (χ4n) is 2.03. The summed E-state index contributed by atoms with van der Waals surface area (Å²) in [6.45, 7) is 1.51. The number of hydrogen-bond acceptors (Lipinski definition) is 3. The van der Waals surface area contributed by atoms with Gasteiger partial charge >= 0.3 is 0 Å². The standard InChI is InChI=1S/C11H14ClNO2/c12-8-5-9(11(13)2-3-11)15-10(8)7-1-4-14-6-7/h5,7H,1-4,6,13H2. The van der Waals surface area contributed by atoms with Crippen LogP contribution in [0.25, 0.3) is 0 Å². The van der Waals surface area contributed by atoms with Gasteiger partial charge in [-0.05, 0) is 19.3 Å². The lowest BCUT2D eigenvalue weighted by Gasteiger charge is -2.06. The Hall–Kier alpha value is -0.510. The molecule has 1 aliphatic heterocycles. The summed E-state index contributed by atoms with van der Waals surface area (Å²) in [6.07, 6.45) is 2.99. The van der Waals surface area contributed by atoms with Crippen molar-refractivity contribution in [2.24, 2.45) is 5.73 Å². The van der Waals surface area contributed by atoms with Crippen molar-refractivity contribution in [3.8, 4) is 0 Å². The smallest absolute Gasteiger partial charge is 0.128 e. The molecule has 1 aliphatic carbocycles. The van der Waals surface area contributed by atoms with Gasteiger partial charge in [-0.3, -0.25) is 0 Å². The largest absolute Gasteiger partial charge is 0.462 e. The van der Waals surface area contributed by atoms with Gasteiger partial charge < -0.3 is 14.9 Å². The van der Waals surface area contributed by atoms with Crippen molar-refractivity contribution in [2.45, 2.75) is 30.7 Å². The maximum atomic E-state index is 6.15. The first-order valence-electron chi connectivity index (χ1n) is 5.35. The van der Waals surface area contributed by atoms with Crippen LogP contribution in [0.2, 0.25) is 5.02 Å². The van der Waals surface area contributed by atoms with Crippen molar-refractivity contribution in [1.29, 1.82) is 0 Å². The van der Waals surface area contributed by atoms with Crippen LogP contribution in [0.4, 0.5) is 0 Å².